The molecule has 0 aliphatic carbocycles. The molecule has 0 heterocycles. The Hall–Kier alpha value is -1.87. The summed E-state index contributed by atoms with van der Waals surface area (Å²) in [4.78, 5) is 0. The molecule has 0 spiro atoms. The molecule has 2 aromatic rings. The highest BCUT2D eigenvalue weighted by Gasteiger charge is 2.16. The molecule has 2 N–H and O–H groups in total. The second-order valence-corrected chi connectivity index (χ2v) is 4.73. The van der Waals surface area contributed by atoms with E-state index >= 15 is 0 Å². The van der Waals surface area contributed by atoms with Crippen LogP contribution in [0.1, 0.15) is 28.3 Å². The van der Waals surface area contributed by atoms with Crippen molar-refractivity contribution in [3.63, 3.8) is 0 Å². The van der Waals surface area contributed by atoms with Crippen LogP contribution in [0.4, 0.5) is 4.39 Å². The van der Waals surface area contributed by atoms with Gasteiger partial charge < -0.3 is 10.5 Å². The number of halogens is 1. The first kappa shape index (κ1) is 13.6. The van der Waals surface area contributed by atoms with Gasteiger partial charge in [0.25, 0.3) is 0 Å². The molecule has 1 unspecified atom stereocenters. The molecule has 1 atom stereocenters. The Balaban J connectivity index is 2.41. The maximum absolute atomic E-state index is 14.0. The Bertz CT molecular complexity index is 595. The lowest BCUT2D eigenvalue weighted by atomic mass is 9.94. The average molecular weight is 259 g/mol. The molecule has 0 aromatic heterocycles. The largest absolute Gasteiger partial charge is 0.497 e. The number of ether oxygens (including phenoxy) is 1. The van der Waals surface area contributed by atoms with Crippen molar-refractivity contribution in [3.05, 3.63) is 64.5 Å². The van der Waals surface area contributed by atoms with Gasteiger partial charge in [-0.25, -0.2) is 4.39 Å². The lowest BCUT2D eigenvalue weighted by molar-refractivity contribution is 0.410. The van der Waals surface area contributed by atoms with Crippen LogP contribution in [-0.2, 0) is 0 Å². The molecule has 0 radical (unpaired) electrons. The number of hydrogen-bond acceptors (Lipinski definition) is 2. The Morgan fingerprint density at radius 1 is 1.05 bits per heavy atom. The molecular formula is C16H18FNO. The lowest BCUT2D eigenvalue weighted by Gasteiger charge is -2.17. The fourth-order valence-electron chi connectivity index (χ4n) is 2.23. The predicted molar refractivity (Wildman–Crippen MR) is 74.9 cm³/mol. The smallest absolute Gasteiger partial charge is 0.132 e. The lowest BCUT2D eigenvalue weighted by Crippen LogP contribution is -2.15. The molecule has 19 heavy (non-hydrogen) atoms. The van der Waals surface area contributed by atoms with E-state index in [4.69, 9.17) is 10.5 Å². The molecular weight excluding hydrogens is 241 g/mol. The minimum Gasteiger partial charge on any atom is -0.497 e. The zero-order valence-electron chi connectivity index (χ0n) is 11.4. The van der Waals surface area contributed by atoms with Crippen LogP contribution in [0, 0.1) is 19.7 Å². The van der Waals surface area contributed by atoms with Crippen LogP contribution in [0.5, 0.6) is 5.75 Å². The van der Waals surface area contributed by atoms with Crippen LogP contribution in [0.25, 0.3) is 0 Å². The van der Waals surface area contributed by atoms with Crippen molar-refractivity contribution in [1.29, 1.82) is 0 Å². The van der Waals surface area contributed by atoms with Crippen molar-refractivity contribution < 1.29 is 9.13 Å². The minimum absolute atomic E-state index is 0.341. The van der Waals surface area contributed by atoms with E-state index in [0.717, 1.165) is 11.1 Å². The third-order valence-electron chi connectivity index (χ3n) is 3.30. The SMILES string of the molecule is COc1ccc(C(N)c2ccc(C)cc2C)c(F)c1. The highest BCUT2D eigenvalue weighted by Crippen LogP contribution is 2.27. The van der Waals surface area contributed by atoms with Gasteiger partial charge in [0.1, 0.15) is 11.6 Å². The Morgan fingerprint density at radius 2 is 1.74 bits per heavy atom. The van der Waals surface area contributed by atoms with Gasteiger partial charge >= 0.3 is 0 Å². The first-order chi connectivity index (χ1) is 9.02. The Morgan fingerprint density at radius 3 is 2.32 bits per heavy atom. The van der Waals surface area contributed by atoms with E-state index in [9.17, 15) is 4.39 Å². The zero-order valence-corrected chi connectivity index (χ0v) is 11.4. The van der Waals surface area contributed by atoms with E-state index in [0.29, 0.717) is 11.3 Å². The molecule has 100 valence electrons. The van der Waals surface area contributed by atoms with Crippen LogP contribution < -0.4 is 10.5 Å². The van der Waals surface area contributed by atoms with Crippen LogP contribution in [0.2, 0.25) is 0 Å². The van der Waals surface area contributed by atoms with Crippen molar-refractivity contribution in [3.8, 4) is 5.75 Å². The van der Waals surface area contributed by atoms with E-state index in [2.05, 4.69) is 6.07 Å². The molecule has 0 fully saturated rings. The summed E-state index contributed by atoms with van der Waals surface area (Å²) in [6.07, 6.45) is 0. The molecule has 0 saturated carbocycles. The van der Waals surface area contributed by atoms with Crippen LogP contribution in [0.3, 0.4) is 0 Å². The molecule has 0 saturated heterocycles. The molecule has 2 rings (SSSR count). The van der Waals surface area contributed by atoms with Gasteiger partial charge in [-0.1, -0.05) is 29.8 Å². The number of methoxy groups -OCH3 is 1. The van der Waals surface area contributed by atoms with Gasteiger partial charge in [0.2, 0.25) is 0 Å². The van der Waals surface area contributed by atoms with Crippen LogP contribution in [-0.4, -0.2) is 7.11 Å². The first-order valence-electron chi connectivity index (χ1n) is 6.19. The fourth-order valence-corrected chi connectivity index (χ4v) is 2.23. The van der Waals surface area contributed by atoms with E-state index in [-0.39, 0.29) is 5.82 Å². The van der Waals surface area contributed by atoms with Crippen molar-refractivity contribution >= 4 is 0 Å². The van der Waals surface area contributed by atoms with Crippen LogP contribution in [0.15, 0.2) is 36.4 Å². The van der Waals surface area contributed by atoms with Crippen LogP contribution >= 0.6 is 0 Å². The van der Waals surface area contributed by atoms with Crippen molar-refractivity contribution in [2.45, 2.75) is 19.9 Å². The molecule has 0 aliphatic rings. The summed E-state index contributed by atoms with van der Waals surface area (Å²) in [7, 11) is 1.51. The number of rotatable bonds is 3. The number of hydrogen-bond donors (Lipinski definition) is 1. The predicted octanol–water partition coefficient (Wildman–Crippen LogP) is 3.50. The summed E-state index contributed by atoms with van der Waals surface area (Å²) in [5, 5.41) is 0. The van der Waals surface area contributed by atoms with Gasteiger partial charge in [0.05, 0.1) is 13.2 Å². The second kappa shape index (κ2) is 5.41. The first-order valence-corrected chi connectivity index (χ1v) is 6.19. The van der Waals surface area contributed by atoms with Crippen molar-refractivity contribution in [1.82, 2.24) is 0 Å². The van der Waals surface area contributed by atoms with Crippen molar-refractivity contribution in [2.75, 3.05) is 7.11 Å². The second-order valence-electron chi connectivity index (χ2n) is 4.73. The van der Waals surface area contributed by atoms with Gasteiger partial charge in [-0.3, -0.25) is 0 Å². The molecule has 2 nitrogen and oxygen atoms in total. The summed E-state index contributed by atoms with van der Waals surface area (Å²) in [5.41, 5.74) is 9.84. The van der Waals surface area contributed by atoms with E-state index in [1.54, 1.807) is 12.1 Å². The fraction of sp³-hybridized carbons (Fsp3) is 0.250. The molecule has 3 heteroatoms. The monoisotopic (exact) mass is 259 g/mol. The molecule has 0 aliphatic heterocycles. The summed E-state index contributed by atoms with van der Waals surface area (Å²) in [6, 6.07) is 10.3. The average Bonchev–Trinajstić information content (AvgIpc) is 2.37. The molecule has 2 aromatic carbocycles. The quantitative estimate of drug-likeness (QED) is 0.915. The minimum atomic E-state index is -0.466. The standard InChI is InChI=1S/C16H18FNO/c1-10-4-6-13(11(2)8-10)16(18)14-7-5-12(19-3)9-15(14)17/h4-9,16H,18H2,1-3H3. The van der Waals surface area contributed by atoms with Gasteiger partial charge in [0.15, 0.2) is 0 Å². The zero-order chi connectivity index (χ0) is 14.0. The van der Waals surface area contributed by atoms with Gasteiger partial charge in [-0.2, -0.15) is 0 Å². The van der Waals surface area contributed by atoms with Gasteiger partial charge in [-0.05, 0) is 31.0 Å². The summed E-state index contributed by atoms with van der Waals surface area (Å²) in [5.74, 6) is 0.154. The Kier molecular flexibility index (Phi) is 3.86. The normalized spacial score (nSPS) is 12.3. The summed E-state index contributed by atoms with van der Waals surface area (Å²) in [6.45, 7) is 4.01. The summed E-state index contributed by atoms with van der Waals surface area (Å²) >= 11 is 0. The summed E-state index contributed by atoms with van der Waals surface area (Å²) < 4.78 is 19.0. The maximum atomic E-state index is 14.0. The van der Waals surface area contributed by atoms with E-state index in [1.807, 2.05) is 26.0 Å². The number of benzene rings is 2. The topological polar surface area (TPSA) is 35.2 Å². The highest BCUT2D eigenvalue weighted by atomic mass is 19.1. The van der Waals surface area contributed by atoms with Crippen molar-refractivity contribution in [2.24, 2.45) is 5.73 Å². The van der Waals surface area contributed by atoms with Gasteiger partial charge in [0, 0.05) is 11.6 Å². The number of nitrogens with two attached hydrogens (primary N) is 1. The van der Waals surface area contributed by atoms with E-state index in [1.165, 1.54) is 18.7 Å². The third-order valence-corrected chi connectivity index (χ3v) is 3.30. The Labute approximate surface area is 113 Å². The van der Waals surface area contributed by atoms with Gasteiger partial charge in [-0.15, -0.1) is 0 Å². The highest BCUT2D eigenvalue weighted by molar-refractivity contribution is 5.40. The maximum Gasteiger partial charge on any atom is 0.132 e. The number of aryl methyl sites for hydroxylation is 2. The van der Waals surface area contributed by atoms with E-state index < -0.39 is 6.04 Å². The molecule has 0 bridgehead atoms. The molecule has 0 amide bonds. The third kappa shape index (κ3) is 2.76.